The molecule has 3 rings (SSSR count). The van der Waals surface area contributed by atoms with Gasteiger partial charge in [0.05, 0.1) is 7.11 Å². The Hall–Kier alpha value is -3.01. The highest BCUT2D eigenvalue weighted by Crippen LogP contribution is 2.26. The first kappa shape index (κ1) is 14.9. The summed E-state index contributed by atoms with van der Waals surface area (Å²) in [6.07, 6.45) is 0. The Balaban J connectivity index is 1.69. The van der Waals surface area contributed by atoms with Crippen LogP contribution in [0, 0.1) is 0 Å². The van der Waals surface area contributed by atoms with Gasteiger partial charge in [-0.25, -0.2) is 0 Å². The minimum atomic E-state index is -0.216. The Bertz CT molecular complexity index is 824. The standard InChI is InChI=1S/C19H17NO3/c1-22-17-11-4-5-12-18(17)23-13-19(21)20-16-10-6-8-14-7-2-3-9-15(14)16/h2-12H,13H2,1H3,(H,20,21). The molecule has 0 aliphatic heterocycles. The van der Waals surface area contributed by atoms with Gasteiger partial charge in [0.1, 0.15) is 0 Å². The van der Waals surface area contributed by atoms with Crippen LogP contribution in [0.3, 0.4) is 0 Å². The smallest absolute Gasteiger partial charge is 0.262 e. The van der Waals surface area contributed by atoms with E-state index >= 15 is 0 Å². The van der Waals surface area contributed by atoms with Gasteiger partial charge < -0.3 is 14.8 Å². The van der Waals surface area contributed by atoms with Crippen LogP contribution in [0.4, 0.5) is 5.69 Å². The maximum atomic E-state index is 12.2. The molecule has 0 bridgehead atoms. The van der Waals surface area contributed by atoms with Gasteiger partial charge in [-0.05, 0) is 23.6 Å². The van der Waals surface area contributed by atoms with Crippen molar-refractivity contribution in [3.63, 3.8) is 0 Å². The Morgan fingerprint density at radius 3 is 2.43 bits per heavy atom. The van der Waals surface area contributed by atoms with Crippen LogP contribution >= 0.6 is 0 Å². The molecule has 3 aromatic rings. The second kappa shape index (κ2) is 6.83. The summed E-state index contributed by atoms with van der Waals surface area (Å²) >= 11 is 0. The topological polar surface area (TPSA) is 47.6 Å². The van der Waals surface area contributed by atoms with E-state index in [0.717, 1.165) is 16.5 Å². The van der Waals surface area contributed by atoms with Crippen molar-refractivity contribution in [3.8, 4) is 11.5 Å². The van der Waals surface area contributed by atoms with Crippen molar-refractivity contribution in [3.05, 3.63) is 66.7 Å². The van der Waals surface area contributed by atoms with Gasteiger partial charge in [0.25, 0.3) is 5.91 Å². The number of carbonyl (C=O) groups excluding carboxylic acids is 1. The van der Waals surface area contributed by atoms with Crippen LogP contribution in [0.15, 0.2) is 66.7 Å². The Morgan fingerprint density at radius 1 is 0.913 bits per heavy atom. The van der Waals surface area contributed by atoms with Crippen LogP contribution in [0.2, 0.25) is 0 Å². The lowest BCUT2D eigenvalue weighted by Gasteiger charge is -2.11. The van der Waals surface area contributed by atoms with E-state index < -0.39 is 0 Å². The summed E-state index contributed by atoms with van der Waals surface area (Å²) in [5, 5.41) is 4.97. The minimum absolute atomic E-state index is 0.0798. The summed E-state index contributed by atoms with van der Waals surface area (Å²) in [6, 6.07) is 21.0. The van der Waals surface area contributed by atoms with E-state index in [-0.39, 0.29) is 12.5 Å². The predicted molar refractivity (Wildman–Crippen MR) is 91.1 cm³/mol. The zero-order chi connectivity index (χ0) is 16.1. The summed E-state index contributed by atoms with van der Waals surface area (Å²) in [5.41, 5.74) is 0.775. The summed E-state index contributed by atoms with van der Waals surface area (Å²) in [5.74, 6) is 0.931. The summed E-state index contributed by atoms with van der Waals surface area (Å²) in [6.45, 7) is -0.0798. The van der Waals surface area contributed by atoms with Crippen molar-refractivity contribution in [1.29, 1.82) is 0 Å². The Labute approximate surface area is 134 Å². The van der Waals surface area contributed by atoms with Gasteiger partial charge in [-0.2, -0.15) is 0 Å². The molecule has 116 valence electrons. The number of benzene rings is 3. The number of para-hydroxylation sites is 2. The first-order chi connectivity index (χ1) is 11.3. The Kier molecular flexibility index (Phi) is 4.43. The molecule has 3 aromatic carbocycles. The van der Waals surface area contributed by atoms with Gasteiger partial charge in [-0.3, -0.25) is 4.79 Å². The third-order valence-corrected chi connectivity index (χ3v) is 3.49. The number of rotatable bonds is 5. The molecule has 0 fully saturated rings. The average molecular weight is 307 g/mol. The monoisotopic (exact) mass is 307 g/mol. The Morgan fingerprint density at radius 2 is 1.61 bits per heavy atom. The molecule has 0 radical (unpaired) electrons. The van der Waals surface area contributed by atoms with Crippen LogP contribution in [0.25, 0.3) is 10.8 Å². The van der Waals surface area contributed by atoms with Crippen LogP contribution < -0.4 is 14.8 Å². The molecule has 0 aromatic heterocycles. The SMILES string of the molecule is COc1ccccc1OCC(=O)Nc1cccc2ccccc12. The van der Waals surface area contributed by atoms with E-state index in [1.807, 2.05) is 54.6 Å². The van der Waals surface area contributed by atoms with Crippen molar-refractivity contribution < 1.29 is 14.3 Å². The molecule has 0 saturated heterocycles. The van der Waals surface area contributed by atoms with Crippen molar-refractivity contribution in [1.82, 2.24) is 0 Å². The number of ether oxygens (including phenoxy) is 2. The molecule has 23 heavy (non-hydrogen) atoms. The normalized spacial score (nSPS) is 10.3. The number of methoxy groups -OCH3 is 1. The van der Waals surface area contributed by atoms with Crippen molar-refractivity contribution in [2.24, 2.45) is 0 Å². The molecular formula is C19H17NO3. The fraction of sp³-hybridized carbons (Fsp3) is 0.105. The highest BCUT2D eigenvalue weighted by Gasteiger charge is 2.08. The lowest BCUT2D eigenvalue weighted by Crippen LogP contribution is -2.20. The van der Waals surface area contributed by atoms with Crippen molar-refractivity contribution >= 4 is 22.4 Å². The second-order valence-corrected chi connectivity index (χ2v) is 5.01. The summed E-state index contributed by atoms with van der Waals surface area (Å²) in [4.78, 5) is 12.2. The third-order valence-electron chi connectivity index (χ3n) is 3.49. The molecule has 4 nitrogen and oxygen atoms in total. The maximum Gasteiger partial charge on any atom is 0.262 e. The number of amides is 1. The number of fused-ring (bicyclic) bond motifs is 1. The molecule has 0 heterocycles. The van der Waals surface area contributed by atoms with Gasteiger partial charge in [0.2, 0.25) is 0 Å². The van der Waals surface area contributed by atoms with E-state index in [2.05, 4.69) is 5.32 Å². The molecule has 0 spiro atoms. The van der Waals surface area contributed by atoms with Gasteiger partial charge in [0, 0.05) is 11.1 Å². The minimum Gasteiger partial charge on any atom is -0.493 e. The number of carbonyl (C=O) groups is 1. The zero-order valence-corrected chi connectivity index (χ0v) is 12.8. The predicted octanol–water partition coefficient (Wildman–Crippen LogP) is 3.87. The first-order valence-corrected chi connectivity index (χ1v) is 7.31. The average Bonchev–Trinajstić information content (AvgIpc) is 2.60. The molecule has 1 amide bonds. The molecule has 0 aliphatic carbocycles. The molecule has 1 N–H and O–H groups in total. The number of nitrogens with one attached hydrogen (secondary N) is 1. The van der Waals surface area contributed by atoms with Gasteiger partial charge in [0.15, 0.2) is 18.1 Å². The zero-order valence-electron chi connectivity index (χ0n) is 12.8. The number of hydrogen-bond acceptors (Lipinski definition) is 3. The highest BCUT2D eigenvalue weighted by molar-refractivity contribution is 6.02. The van der Waals surface area contributed by atoms with Crippen molar-refractivity contribution in [2.75, 3.05) is 19.0 Å². The molecule has 4 heteroatoms. The lowest BCUT2D eigenvalue weighted by molar-refractivity contribution is -0.118. The fourth-order valence-electron chi connectivity index (χ4n) is 2.40. The second-order valence-electron chi connectivity index (χ2n) is 5.01. The largest absolute Gasteiger partial charge is 0.493 e. The maximum absolute atomic E-state index is 12.2. The van der Waals surface area contributed by atoms with Crippen LogP contribution in [0.5, 0.6) is 11.5 Å². The molecule has 0 unspecified atom stereocenters. The first-order valence-electron chi connectivity index (χ1n) is 7.31. The van der Waals surface area contributed by atoms with E-state index in [0.29, 0.717) is 11.5 Å². The lowest BCUT2D eigenvalue weighted by atomic mass is 10.1. The summed E-state index contributed by atoms with van der Waals surface area (Å²) < 4.78 is 10.7. The van der Waals surface area contributed by atoms with E-state index in [4.69, 9.17) is 9.47 Å². The molecular weight excluding hydrogens is 290 g/mol. The van der Waals surface area contributed by atoms with Crippen LogP contribution in [0.1, 0.15) is 0 Å². The number of anilines is 1. The fourth-order valence-corrected chi connectivity index (χ4v) is 2.40. The van der Waals surface area contributed by atoms with Gasteiger partial charge >= 0.3 is 0 Å². The van der Waals surface area contributed by atoms with E-state index in [9.17, 15) is 4.79 Å². The highest BCUT2D eigenvalue weighted by atomic mass is 16.5. The quantitative estimate of drug-likeness (QED) is 0.778. The third kappa shape index (κ3) is 3.43. The van der Waals surface area contributed by atoms with Crippen LogP contribution in [-0.2, 0) is 4.79 Å². The number of hydrogen-bond donors (Lipinski definition) is 1. The molecule has 0 atom stereocenters. The molecule has 0 saturated carbocycles. The van der Waals surface area contributed by atoms with Crippen molar-refractivity contribution in [2.45, 2.75) is 0 Å². The van der Waals surface area contributed by atoms with Crippen LogP contribution in [-0.4, -0.2) is 19.6 Å². The summed E-state index contributed by atoms with van der Waals surface area (Å²) in [7, 11) is 1.57. The van der Waals surface area contributed by atoms with E-state index in [1.54, 1.807) is 19.2 Å². The van der Waals surface area contributed by atoms with E-state index in [1.165, 1.54) is 0 Å². The van der Waals surface area contributed by atoms with Gasteiger partial charge in [-0.15, -0.1) is 0 Å². The van der Waals surface area contributed by atoms with Gasteiger partial charge in [-0.1, -0.05) is 48.5 Å². The molecule has 0 aliphatic rings.